The summed E-state index contributed by atoms with van der Waals surface area (Å²) in [6, 6.07) is 3.35. The number of halogens is 1. The van der Waals surface area contributed by atoms with Gasteiger partial charge >= 0.3 is 5.97 Å². The summed E-state index contributed by atoms with van der Waals surface area (Å²) < 4.78 is 0.661. The van der Waals surface area contributed by atoms with Crippen LogP contribution in [0.2, 0.25) is 0 Å². The van der Waals surface area contributed by atoms with Crippen LogP contribution < -0.4 is 5.32 Å². The first kappa shape index (κ1) is 15.6. The van der Waals surface area contributed by atoms with Crippen molar-refractivity contribution in [1.82, 2.24) is 9.97 Å². The van der Waals surface area contributed by atoms with E-state index in [1.165, 1.54) is 17.5 Å². The molecule has 0 aromatic carbocycles. The molecule has 0 spiro atoms. The Hall–Kier alpha value is -1.80. The van der Waals surface area contributed by atoms with Crippen molar-refractivity contribution in [1.29, 1.82) is 0 Å². The molecule has 0 bridgehead atoms. The Morgan fingerprint density at radius 2 is 2.19 bits per heavy atom. The minimum atomic E-state index is -0.818. The number of aliphatic carboxylic acids is 1. The summed E-state index contributed by atoms with van der Waals surface area (Å²) in [7, 11) is 0. The van der Waals surface area contributed by atoms with E-state index in [2.05, 4.69) is 31.2 Å². The fraction of sp³-hybridized carbons (Fsp3) is 0.231. The molecule has 0 radical (unpaired) electrons. The zero-order valence-electron chi connectivity index (χ0n) is 10.9. The second-order valence-corrected chi connectivity index (χ2v) is 5.89. The summed E-state index contributed by atoms with van der Waals surface area (Å²) in [5.41, 5.74) is 1.23. The summed E-state index contributed by atoms with van der Waals surface area (Å²) >= 11 is 4.52. The van der Waals surface area contributed by atoms with Crippen molar-refractivity contribution in [2.24, 2.45) is 0 Å². The van der Waals surface area contributed by atoms with Crippen LogP contribution in [0.1, 0.15) is 28.9 Å². The summed E-state index contributed by atoms with van der Waals surface area (Å²) in [5, 5.41) is 13.6. The van der Waals surface area contributed by atoms with Gasteiger partial charge in [-0.1, -0.05) is 0 Å². The maximum Gasteiger partial charge on any atom is 0.303 e. The van der Waals surface area contributed by atoms with Gasteiger partial charge in [0.2, 0.25) is 0 Å². The molecule has 0 atom stereocenters. The highest BCUT2D eigenvalue weighted by molar-refractivity contribution is 9.10. The van der Waals surface area contributed by atoms with Crippen molar-refractivity contribution in [3.8, 4) is 0 Å². The minimum Gasteiger partial charge on any atom is -0.481 e. The van der Waals surface area contributed by atoms with Crippen LogP contribution in [0.15, 0.2) is 28.3 Å². The van der Waals surface area contributed by atoms with Crippen LogP contribution in [0.4, 0.5) is 5.13 Å². The average Bonchev–Trinajstić information content (AvgIpc) is 2.86. The molecule has 21 heavy (non-hydrogen) atoms. The number of hydrogen-bond donors (Lipinski definition) is 2. The molecule has 1 amide bonds. The predicted octanol–water partition coefficient (Wildman–Crippen LogP) is 2.96. The van der Waals surface area contributed by atoms with Gasteiger partial charge < -0.3 is 5.11 Å². The van der Waals surface area contributed by atoms with E-state index < -0.39 is 5.97 Å². The third-order valence-electron chi connectivity index (χ3n) is 2.59. The van der Waals surface area contributed by atoms with Crippen molar-refractivity contribution in [3.63, 3.8) is 0 Å². The lowest BCUT2D eigenvalue weighted by Crippen LogP contribution is -2.12. The number of carbonyl (C=O) groups excluding carboxylic acids is 1. The number of pyridine rings is 1. The predicted molar refractivity (Wildman–Crippen MR) is 82.6 cm³/mol. The number of thiazole rings is 1. The van der Waals surface area contributed by atoms with Gasteiger partial charge in [0, 0.05) is 18.0 Å². The maximum absolute atomic E-state index is 12.0. The first-order valence-electron chi connectivity index (χ1n) is 6.13. The highest BCUT2D eigenvalue weighted by Gasteiger charge is 2.09. The number of hydrogen-bond acceptors (Lipinski definition) is 5. The van der Waals surface area contributed by atoms with Crippen molar-refractivity contribution < 1.29 is 14.7 Å². The maximum atomic E-state index is 12.0. The monoisotopic (exact) mass is 369 g/mol. The third kappa shape index (κ3) is 4.91. The molecule has 2 aromatic rings. The summed E-state index contributed by atoms with van der Waals surface area (Å²) in [4.78, 5) is 30.6. The Morgan fingerprint density at radius 3 is 2.86 bits per heavy atom. The summed E-state index contributed by atoms with van der Waals surface area (Å²) in [6.07, 6.45) is 2.70. The van der Waals surface area contributed by atoms with Crippen molar-refractivity contribution in [2.45, 2.75) is 19.3 Å². The molecule has 2 aromatic heterocycles. The van der Waals surface area contributed by atoms with E-state index in [0.29, 0.717) is 28.1 Å². The molecule has 0 aliphatic rings. The summed E-state index contributed by atoms with van der Waals surface area (Å²) in [6.45, 7) is 0. The quantitative estimate of drug-likeness (QED) is 0.763. The van der Waals surface area contributed by atoms with Gasteiger partial charge in [0.25, 0.3) is 5.91 Å². The zero-order chi connectivity index (χ0) is 15.2. The van der Waals surface area contributed by atoms with E-state index in [1.54, 1.807) is 12.1 Å². The lowest BCUT2D eigenvalue weighted by Gasteiger charge is -2.01. The number of nitrogens with one attached hydrogen (secondary N) is 1. The van der Waals surface area contributed by atoms with Gasteiger partial charge in [-0.2, -0.15) is 0 Å². The van der Waals surface area contributed by atoms with E-state index in [-0.39, 0.29) is 12.3 Å². The topological polar surface area (TPSA) is 92.2 Å². The van der Waals surface area contributed by atoms with E-state index in [1.807, 2.05) is 5.38 Å². The average molecular weight is 370 g/mol. The third-order valence-corrected chi connectivity index (χ3v) is 3.86. The van der Waals surface area contributed by atoms with Gasteiger partial charge in [0.15, 0.2) is 5.13 Å². The lowest BCUT2D eigenvalue weighted by atomic mass is 10.2. The Labute approximate surface area is 133 Å². The molecule has 0 saturated carbocycles. The van der Waals surface area contributed by atoms with Crippen molar-refractivity contribution in [2.75, 3.05) is 5.32 Å². The fourth-order valence-corrected chi connectivity index (χ4v) is 2.55. The molecule has 0 saturated heterocycles. The van der Waals surface area contributed by atoms with Crippen LogP contribution in [-0.2, 0) is 11.2 Å². The van der Waals surface area contributed by atoms with E-state index in [0.717, 1.165) is 5.69 Å². The number of rotatable bonds is 6. The molecule has 0 aliphatic carbocycles. The molecule has 8 heteroatoms. The lowest BCUT2D eigenvalue weighted by molar-refractivity contribution is -0.137. The normalized spacial score (nSPS) is 10.3. The number of anilines is 1. The Kier molecular flexibility index (Phi) is 5.40. The van der Waals surface area contributed by atoms with Gasteiger partial charge in [-0.15, -0.1) is 11.3 Å². The van der Waals surface area contributed by atoms with Gasteiger partial charge in [0.05, 0.1) is 11.3 Å². The smallest absolute Gasteiger partial charge is 0.303 e. The van der Waals surface area contributed by atoms with Crippen LogP contribution in [-0.4, -0.2) is 27.0 Å². The van der Waals surface area contributed by atoms with E-state index in [9.17, 15) is 9.59 Å². The number of carboxylic acids is 1. The molecule has 2 rings (SSSR count). The Balaban J connectivity index is 1.91. The second-order valence-electron chi connectivity index (χ2n) is 4.22. The molecule has 0 unspecified atom stereocenters. The van der Waals surface area contributed by atoms with Gasteiger partial charge in [0.1, 0.15) is 4.60 Å². The summed E-state index contributed by atoms with van der Waals surface area (Å²) in [5.74, 6) is -1.09. The Bertz CT molecular complexity index is 642. The van der Waals surface area contributed by atoms with Gasteiger partial charge in [-0.3, -0.25) is 14.9 Å². The van der Waals surface area contributed by atoms with Crippen LogP contribution in [0.5, 0.6) is 0 Å². The highest BCUT2D eigenvalue weighted by atomic mass is 79.9. The molecule has 6 nitrogen and oxygen atoms in total. The number of carboxylic acid groups (broad SMARTS) is 1. The molecular formula is C13H12BrN3O3S. The van der Waals surface area contributed by atoms with E-state index in [4.69, 9.17) is 5.11 Å². The number of aryl methyl sites for hydroxylation is 1. The molecule has 2 heterocycles. The number of aromatic nitrogens is 2. The van der Waals surface area contributed by atoms with Crippen LogP contribution in [0.3, 0.4) is 0 Å². The number of carbonyl (C=O) groups is 2. The first-order chi connectivity index (χ1) is 10.0. The van der Waals surface area contributed by atoms with Gasteiger partial charge in [-0.25, -0.2) is 9.97 Å². The van der Waals surface area contributed by atoms with Crippen molar-refractivity contribution >= 4 is 44.3 Å². The van der Waals surface area contributed by atoms with Crippen molar-refractivity contribution in [3.05, 3.63) is 39.6 Å². The van der Waals surface area contributed by atoms with Crippen LogP contribution in [0.25, 0.3) is 0 Å². The zero-order valence-corrected chi connectivity index (χ0v) is 13.3. The highest BCUT2D eigenvalue weighted by Crippen LogP contribution is 2.18. The first-order valence-corrected chi connectivity index (χ1v) is 7.81. The second kappa shape index (κ2) is 7.28. The molecule has 2 N–H and O–H groups in total. The molecule has 0 aliphatic heterocycles. The minimum absolute atomic E-state index is 0.115. The SMILES string of the molecule is O=C(O)CCCc1csc(NC(=O)c2ccc(Br)nc2)n1. The van der Waals surface area contributed by atoms with Crippen LogP contribution >= 0.6 is 27.3 Å². The molecule has 110 valence electrons. The standard InChI is InChI=1S/C13H12BrN3O3S/c14-10-5-4-8(6-15-10)12(20)17-13-16-9(7-21-13)2-1-3-11(18)19/h4-7H,1-3H2,(H,18,19)(H,16,17,20). The molecular weight excluding hydrogens is 358 g/mol. The number of nitrogens with zero attached hydrogens (tertiary/aromatic N) is 2. The fourth-order valence-electron chi connectivity index (χ4n) is 1.58. The van der Waals surface area contributed by atoms with E-state index >= 15 is 0 Å². The van der Waals surface area contributed by atoms with Gasteiger partial charge in [-0.05, 0) is 40.9 Å². The largest absolute Gasteiger partial charge is 0.481 e. The number of amides is 1. The molecule has 0 fully saturated rings. The Morgan fingerprint density at radius 1 is 1.38 bits per heavy atom. The van der Waals surface area contributed by atoms with Crippen LogP contribution in [0, 0.1) is 0 Å².